The van der Waals surface area contributed by atoms with Gasteiger partial charge in [0, 0.05) is 6.42 Å². The van der Waals surface area contributed by atoms with E-state index in [0.29, 0.717) is 6.92 Å². The van der Waals surface area contributed by atoms with Crippen molar-refractivity contribution in [3.05, 3.63) is 50.6 Å². The summed E-state index contributed by atoms with van der Waals surface area (Å²) in [5.74, 6) is -5.64. The standard InChI is InChI=1S/C8H11N5O12/c1-7(9(14)15,10(16)17)4-25-6-2-5(3-24-6)8(11(18)19,12(20)21)13(22)23/h5-6H,2-4H2,1H3/t5-,6-/m0/s1. The molecule has 0 aromatic rings. The highest BCUT2D eigenvalue weighted by atomic mass is 16.7. The van der Waals surface area contributed by atoms with Crippen molar-refractivity contribution in [2.45, 2.75) is 31.1 Å². The van der Waals surface area contributed by atoms with Gasteiger partial charge in [-0.15, -0.1) is 0 Å². The molecule has 0 amide bonds. The number of hydrogen-bond acceptors (Lipinski definition) is 12. The Morgan fingerprint density at radius 1 is 0.920 bits per heavy atom. The molecular weight excluding hydrogens is 358 g/mol. The maximum atomic E-state index is 10.9. The Bertz CT molecular complexity index is 571. The highest BCUT2D eigenvalue weighted by Gasteiger charge is 2.77. The molecule has 1 heterocycles. The van der Waals surface area contributed by atoms with Crippen molar-refractivity contribution in [2.75, 3.05) is 13.2 Å². The zero-order valence-electron chi connectivity index (χ0n) is 12.4. The van der Waals surface area contributed by atoms with E-state index in [2.05, 4.69) is 0 Å². The molecule has 0 aromatic heterocycles. The van der Waals surface area contributed by atoms with Gasteiger partial charge in [-0.05, 0) is 0 Å². The van der Waals surface area contributed by atoms with E-state index in [1.165, 1.54) is 0 Å². The van der Waals surface area contributed by atoms with E-state index in [4.69, 9.17) is 9.47 Å². The highest BCUT2D eigenvalue weighted by molar-refractivity contribution is 4.76. The van der Waals surface area contributed by atoms with Crippen molar-refractivity contribution in [1.82, 2.24) is 0 Å². The summed E-state index contributed by atoms with van der Waals surface area (Å²) in [6, 6.07) is 0. The summed E-state index contributed by atoms with van der Waals surface area (Å²) in [6.45, 7) is -1.30. The van der Waals surface area contributed by atoms with Crippen molar-refractivity contribution in [1.29, 1.82) is 0 Å². The molecule has 1 aliphatic heterocycles. The Hall–Kier alpha value is -3.08. The van der Waals surface area contributed by atoms with Crippen LogP contribution in [-0.2, 0) is 9.47 Å². The van der Waals surface area contributed by atoms with Gasteiger partial charge in [0.1, 0.15) is 9.85 Å². The van der Waals surface area contributed by atoms with Gasteiger partial charge in [-0.2, -0.15) is 0 Å². The SMILES string of the molecule is CC(CO[C@H]1C[C@H](C([N+](=O)[O-])([N+](=O)[O-])[N+](=O)[O-])CO1)([N+](=O)[O-])[N+](=O)[O-]. The third-order valence-electron chi connectivity index (χ3n) is 3.64. The Morgan fingerprint density at radius 3 is 1.72 bits per heavy atom. The number of hydrogen-bond donors (Lipinski definition) is 0. The molecule has 0 saturated carbocycles. The van der Waals surface area contributed by atoms with Crippen molar-refractivity contribution in [3.8, 4) is 0 Å². The fraction of sp³-hybridized carbons (Fsp3) is 1.00. The summed E-state index contributed by atoms with van der Waals surface area (Å²) < 4.78 is 9.58. The van der Waals surface area contributed by atoms with Crippen LogP contribution in [-0.4, -0.2) is 55.6 Å². The first kappa shape index (κ1) is 20.0. The second kappa shape index (κ2) is 6.81. The Kier molecular flexibility index (Phi) is 5.44. The average Bonchev–Trinajstić information content (AvgIpc) is 2.92. The molecule has 0 unspecified atom stereocenters. The number of ether oxygens (including phenoxy) is 2. The van der Waals surface area contributed by atoms with Gasteiger partial charge in [0.2, 0.25) is 5.92 Å². The maximum absolute atomic E-state index is 10.9. The second-order valence-corrected chi connectivity index (χ2v) is 5.20. The molecule has 17 heteroatoms. The van der Waals surface area contributed by atoms with Gasteiger partial charge in [-0.25, -0.2) is 0 Å². The molecule has 25 heavy (non-hydrogen) atoms. The Balaban J connectivity index is 2.92. The number of rotatable bonds is 9. The number of nitro groups is 5. The lowest BCUT2D eigenvalue weighted by atomic mass is 10.0. The quantitative estimate of drug-likeness (QED) is 0.273. The smallest absolute Gasteiger partial charge is 0.351 e. The van der Waals surface area contributed by atoms with Gasteiger partial charge in [0.25, 0.3) is 0 Å². The van der Waals surface area contributed by atoms with Gasteiger partial charge < -0.3 is 9.47 Å². The zero-order chi connectivity index (χ0) is 19.6. The van der Waals surface area contributed by atoms with Gasteiger partial charge in [0.15, 0.2) is 27.7 Å². The molecular formula is C8H11N5O12. The molecule has 0 spiro atoms. The lowest BCUT2D eigenvalue weighted by Crippen LogP contribution is -2.59. The molecule has 0 radical (unpaired) electrons. The molecule has 2 atom stereocenters. The Morgan fingerprint density at radius 2 is 1.36 bits per heavy atom. The van der Waals surface area contributed by atoms with Gasteiger partial charge >= 0.3 is 11.4 Å². The third kappa shape index (κ3) is 3.26. The van der Waals surface area contributed by atoms with Crippen LogP contribution in [0.15, 0.2) is 0 Å². The first-order valence-corrected chi connectivity index (χ1v) is 6.36. The molecule has 0 aliphatic carbocycles. The maximum Gasteiger partial charge on any atom is 0.705 e. The summed E-state index contributed by atoms with van der Waals surface area (Å²) in [5, 5.41) is 54.3. The van der Waals surface area contributed by atoms with E-state index < -0.39 is 67.9 Å². The van der Waals surface area contributed by atoms with Crippen molar-refractivity contribution in [3.63, 3.8) is 0 Å². The molecule has 0 aromatic carbocycles. The summed E-state index contributed by atoms with van der Waals surface area (Å²) in [4.78, 5) is 46.8. The average molecular weight is 369 g/mol. The molecule has 1 rings (SSSR count). The molecule has 17 nitrogen and oxygen atoms in total. The lowest BCUT2D eigenvalue weighted by Gasteiger charge is -2.16. The van der Waals surface area contributed by atoms with Crippen LogP contribution in [0.1, 0.15) is 13.3 Å². The molecule has 0 N–H and O–H groups in total. The fourth-order valence-corrected chi connectivity index (χ4v) is 2.05. The van der Waals surface area contributed by atoms with E-state index in [9.17, 15) is 50.6 Å². The van der Waals surface area contributed by atoms with Crippen LogP contribution in [0.5, 0.6) is 0 Å². The summed E-state index contributed by atoms with van der Waals surface area (Å²) in [6.07, 6.45) is -2.28. The van der Waals surface area contributed by atoms with Crippen LogP contribution in [0.25, 0.3) is 0 Å². The second-order valence-electron chi connectivity index (χ2n) is 5.20. The monoisotopic (exact) mass is 369 g/mol. The summed E-state index contributed by atoms with van der Waals surface area (Å²) in [7, 11) is 0. The first-order valence-electron chi connectivity index (χ1n) is 6.36. The minimum absolute atomic E-state index is 0.634. The third-order valence-corrected chi connectivity index (χ3v) is 3.64. The lowest BCUT2D eigenvalue weighted by molar-refractivity contribution is -0.978. The number of nitrogens with zero attached hydrogens (tertiary/aromatic N) is 5. The summed E-state index contributed by atoms with van der Waals surface area (Å²) >= 11 is 0. The van der Waals surface area contributed by atoms with Gasteiger partial charge in [0.05, 0.1) is 13.5 Å². The Labute approximate surface area is 136 Å². The van der Waals surface area contributed by atoms with E-state index >= 15 is 0 Å². The van der Waals surface area contributed by atoms with E-state index in [1.807, 2.05) is 0 Å². The van der Waals surface area contributed by atoms with Gasteiger partial charge in [-0.1, -0.05) is 0 Å². The normalized spacial score (nSPS) is 20.8. The largest absolute Gasteiger partial charge is 0.705 e. The van der Waals surface area contributed by atoms with Crippen LogP contribution in [0.2, 0.25) is 0 Å². The molecule has 1 fully saturated rings. The molecule has 1 saturated heterocycles. The minimum atomic E-state index is -3.78. The molecule has 0 bridgehead atoms. The fourth-order valence-electron chi connectivity index (χ4n) is 2.05. The van der Waals surface area contributed by atoms with Crippen LogP contribution in [0, 0.1) is 56.5 Å². The van der Waals surface area contributed by atoms with E-state index in [1.54, 1.807) is 0 Å². The molecule has 140 valence electrons. The zero-order valence-corrected chi connectivity index (χ0v) is 12.4. The first-order chi connectivity index (χ1) is 11.4. The van der Waals surface area contributed by atoms with Crippen LogP contribution in [0.3, 0.4) is 0 Å². The predicted octanol–water partition coefficient (Wildman–Crippen LogP) is -0.881. The van der Waals surface area contributed by atoms with Crippen molar-refractivity contribution < 1.29 is 34.1 Å². The topological polar surface area (TPSA) is 234 Å². The molecule has 1 aliphatic rings. The summed E-state index contributed by atoms with van der Waals surface area (Å²) in [5.41, 5.74) is -2.76. The van der Waals surface area contributed by atoms with Gasteiger partial charge in [-0.3, -0.25) is 50.6 Å². The van der Waals surface area contributed by atoms with Crippen LogP contribution < -0.4 is 0 Å². The van der Waals surface area contributed by atoms with Crippen molar-refractivity contribution >= 4 is 0 Å². The highest BCUT2D eigenvalue weighted by Crippen LogP contribution is 2.34. The minimum Gasteiger partial charge on any atom is -0.351 e. The van der Waals surface area contributed by atoms with Crippen LogP contribution >= 0.6 is 0 Å². The van der Waals surface area contributed by atoms with E-state index in [-0.39, 0.29) is 0 Å². The van der Waals surface area contributed by atoms with E-state index in [0.717, 1.165) is 0 Å². The predicted molar refractivity (Wildman–Crippen MR) is 69.9 cm³/mol. The van der Waals surface area contributed by atoms with Crippen LogP contribution in [0.4, 0.5) is 0 Å². The van der Waals surface area contributed by atoms with Crippen molar-refractivity contribution in [2.24, 2.45) is 5.92 Å².